The summed E-state index contributed by atoms with van der Waals surface area (Å²) in [5.74, 6) is 1.39. The van der Waals surface area contributed by atoms with Crippen LogP contribution in [0.1, 0.15) is 17.5 Å². The van der Waals surface area contributed by atoms with Gasteiger partial charge in [0, 0.05) is 11.3 Å². The lowest BCUT2D eigenvalue weighted by atomic mass is 10.1. The van der Waals surface area contributed by atoms with E-state index in [0.29, 0.717) is 24.3 Å². The Morgan fingerprint density at radius 2 is 1.68 bits per heavy atom. The summed E-state index contributed by atoms with van der Waals surface area (Å²) in [6, 6.07) is 13.7. The van der Waals surface area contributed by atoms with Crippen LogP contribution in [0.15, 0.2) is 47.4 Å². The summed E-state index contributed by atoms with van der Waals surface area (Å²) >= 11 is 1.29. The van der Waals surface area contributed by atoms with Gasteiger partial charge < -0.3 is 9.47 Å². The lowest BCUT2D eigenvalue weighted by Gasteiger charge is -2.09. The molecule has 0 fully saturated rings. The maximum atomic E-state index is 12.1. The molecular formula is C18H20O3S. The zero-order chi connectivity index (χ0) is 15.9. The molecule has 0 bridgehead atoms. The van der Waals surface area contributed by atoms with Crippen molar-refractivity contribution >= 4 is 16.9 Å². The van der Waals surface area contributed by atoms with E-state index in [1.807, 2.05) is 49.4 Å². The van der Waals surface area contributed by atoms with E-state index >= 15 is 0 Å². The fourth-order valence-corrected chi connectivity index (χ4v) is 2.81. The Balaban J connectivity index is 1.92. The molecule has 0 atom stereocenters. The Kier molecular flexibility index (Phi) is 5.90. The molecule has 0 aliphatic rings. The van der Waals surface area contributed by atoms with Crippen LogP contribution in [0.4, 0.5) is 0 Å². The van der Waals surface area contributed by atoms with Crippen LogP contribution in [0, 0.1) is 6.92 Å². The summed E-state index contributed by atoms with van der Waals surface area (Å²) in [4.78, 5) is 13.0. The molecule has 2 aromatic carbocycles. The van der Waals surface area contributed by atoms with Gasteiger partial charge in [0.1, 0.15) is 0 Å². The van der Waals surface area contributed by atoms with Gasteiger partial charge in [0.25, 0.3) is 0 Å². The average molecular weight is 316 g/mol. The summed E-state index contributed by atoms with van der Waals surface area (Å²) in [7, 11) is 3.22. The van der Waals surface area contributed by atoms with E-state index in [1.165, 1.54) is 17.3 Å². The van der Waals surface area contributed by atoms with Crippen LogP contribution in [0.2, 0.25) is 0 Å². The summed E-state index contributed by atoms with van der Waals surface area (Å²) < 4.78 is 10.5. The van der Waals surface area contributed by atoms with Gasteiger partial charge in [0.15, 0.2) is 16.6 Å². The molecule has 4 heteroatoms. The van der Waals surface area contributed by atoms with Crippen molar-refractivity contribution in [2.24, 2.45) is 0 Å². The zero-order valence-electron chi connectivity index (χ0n) is 13.1. The van der Waals surface area contributed by atoms with Gasteiger partial charge in [-0.15, -0.1) is 0 Å². The van der Waals surface area contributed by atoms with Crippen LogP contribution in [0.3, 0.4) is 0 Å². The number of thioether (sulfide) groups is 1. The molecule has 0 N–H and O–H groups in total. The van der Waals surface area contributed by atoms with Gasteiger partial charge in [-0.1, -0.05) is 35.5 Å². The molecule has 0 aromatic heterocycles. The normalized spacial score (nSPS) is 10.3. The SMILES string of the molecule is COc1ccc(CCC(=O)Sc2ccc(C)cc2)cc1OC. The maximum absolute atomic E-state index is 12.1. The first-order valence-electron chi connectivity index (χ1n) is 7.10. The smallest absolute Gasteiger partial charge is 0.194 e. The molecule has 0 amide bonds. The van der Waals surface area contributed by atoms with E-state index in [2.05, 4.69) is 0 Å². The fourth-order valence-electron chi connectivity index (χ4n) is 2.07. The number of aryl methyl sites for hydroxylation is 2. The van der Waals surface area contributed by atoms with Crippen molar-refractivity contribution in [2.45, 2.75) is 24.7 Å². The maximum Gasteiger partial charge on any atom is 0.194 e. The third-order valence-electron chi connectivity index (χ3n) is 3.32. The summed E-state index contributed by atoms with van der Waals surface area (Å²) in [5.41, 5.74) is 2.26. The van der Waals surface area contributed by atoms with Crippen molar-refractivity contribution in [2.75, 3.05) is 14.2 Å². The van der Waals surface area contributed by atoms with E-state index in [9.17, 15) is 4.79 Å². The highest BCUT2D eigenvalue weighted by Crippen LogP contribution is 2.28. The van der Waals surface area contributed by atoms with Gasteiger partial charge in [-0.05, 0) is 43.2 Å². The summed E-state index contributed by atoms with van der Waals surface area (Å²) in [6.07, 6.45) is 1.19. The van der Waals surface area contributed by atoms with Gasteiger partial charge in [-0.3, -0.25) is 4.79 Å². The van der Waals surface area contributed by atoms with Gasteiger partial charge >= 0.3 is 0 Å². The predicted molar refractivity (Wildman–Crippen MR) is 89.9 cm³/mol. The van der Waals surface area contributed by atoms with Crippen LogP contribution in [0.5, 0.6) is 11.5 Å². The minimum Gasteiger partial charge on any atom is -0.493 e. The van der Waals surface area contributed by atoms with Crippen molar-refractivity contribution < 1.29 is 14.3 Å². The van der Waals surface area contributed by atoms with Crippen molar-refractivity contribution in [3.63, 3.8) is 0 Å². The molecule has 0 aliphatic heterocycles. The Labute approximate surface area is 135 Å². The summed E-state index contributed by atoms with van der Waals surface area (Å²) in [5, 5.41) is 0.165. The van der Waals surface area contributed by atoms with Crippen molar-refractivity contribution in [1.82, 2.24) is 0 Å². The topological polar surface area (TPSA) is 35.5 Å². The lowest BCUT2D eigenvalue weighted by molar-refractivity contribution is -0.110. The van der Waals surface area contributed by atoms with Crippen LogP contribution in [-0.4, -0.2) is 19.3 Å². The van der Waals surface area contributed by atoms with E-state index in [-0.39, 0.29) is 5.12 Å². The molecular weight excluding hydrogens is 296 g/mol. The minimum absolute atomic E-state index is 0.165. The number of hydrogen-bond acceptors (Lipinski definition) is 4. The highest BCUT2D eigenvalue weighted by molar-refractivity contribution is 8.13. The highest BCUT2D eigenvalue weighted by Gasteiger charge is 2.08. The number of carbonyl (C=O) groups excluding carboxylic acids is 1. The first-order valence-corrected chi connectivity index (χ1v) is 7.92. The van der Waals surface area contributed by atoms with Crippen LogP contribution in [0.25, 0.3) is 0 Å². The van der Waals surface area contributed by atoms with Crippen molar-refractivity contribution in [3.8, 4) is 11.5 Å². The second-order valence-electron chi connectivity index (χ2n) is 4.98. The van der Waals surface area contributed by atoms with Crippen molar-refractivity contribution in [3.05, 3.63) is 53.6 Å². The standard InChI is InChI=1S/C18H20O3S/c1-13-4-8-15(9-5-13)22-18(19)11-7-14-6-10-16(20-2)17(12-14)21-3/h4-6,8-10,12H,7,11H2,1-3H3. The first kappa shape index (κ1) is 16.4. The first-order chi connectivity index (χ1) is 10.6. The van der Waals surface area contributed by atoms with E-state index in [1.54, 1.807) is 14.2 Å². The Morgan fingerprint density at radius 3 is 2.32 bits per heavy atom. The Bertz CT molecular complexity index is 635. The van der Waals surface area contributed by atoms with Gasteiger partial charge in [0.05, 0.1) is 14.2 Å². The van der Waals surface area contributed by atoms with Crippen molar-refractivity contribution in [1.29, 1.82) is 0 Å². The molecule has 0 aliphatic carbocycles. The molecule has 0 saturated heterocycles. The molecule has 0 saturated carbocycles. The molecule has 22 heavy (non-hydrogen) atoms. The Hall–Kier alpha value is -1.94. The number of hydrogen-bond donors (Lipinski definition) is 0. The van der Waals surface area contributed by atoms with Crippen LogP contribution >= 0.6 is 11.8 Å². The molecule has 0 heterocycles. The molecule has 2 aromatic rings. The van der Waals surface area contributed by atoms with Gasteiger partial charge in [-0.25, -0.2) is 0 Å². The largest absolute Gasteiger partial charge is 0.493 e. The van der Waals surface area contributed by atoms with Crippen LogP contribution < -0.4 is 9.47 Å². The predicted octanol–water partition coefficient (Wildman–Crippen LogP) is 4.26. The monoisotopic (exact) mass is 316 g/mol. The second kappa shape index (κ2) is 7.90. The number of benzene rings is 2. The second-order valence-corrected chi connectivity index (χ2v) is 6.11. The molecule has 2 rings (SSSR count). The third kappa shape index (κ3) is 4.53. The third-order valence-corrected chi connectivity index (χ3v) is 4.26. The minimum atomic E-state index is 0.165. The zero-order valence-corrected chi connectivity index (χ0v) is 13.9. The van der Waals surface area contributed by atoms with E-state index in [0.717, 1.165) is 10.5 Å². The van der Waals surface area contributed by atoms with Gasteiger partial charge in [-0.2, -0.15) is 0 Å². The average Bonchev–Trinajstić information content (AvgIpc) is 2.54. The molecule has 0 unspecified atom stereocenters. The van der Waals surface area contributed by atoms with E-state index in [4.69, 9.17) is 9.47 Å². The number of rotatable bonds is 6. The lowest BCUT2D eigenvalue weighted by Crippen LogP contribution is -1.97. The number of ether oxygens (including phenoxy) is 2. The van der Waals surface area contributed by atoms with E-state index < -0.39 is 0 Å². The molecule has 116 valence electrons. The summed E-state index contributed by atoms with van der Waals surface area (Å²) in [6.45, 7) is 2.04. The highest BCUT2D eigenvalue weighted by atomic mass is 32.2. The molecule has 0 spiro atoms. The quantitative estimate of drug-likeness (QED) is 0.746. The molecule has 0 radical (unpaired) electrons. The number of methoxy groups -OCH3 is 2. The molecule has 3 nitrogen and oxygen atoms in total. The Morgan fingerprint density at radius 1 is 1.00 bits per heavy atom. The van der Waals surface area contributed by atoms with Gasteiger partial charge in [0.2, 0.25) is 0 Å². The van der Waals surface area contributed by atoms with Crippen LogP contribution in [-0.2, 0) is 11.2 Å². The number of carbonyl (C=O) groups is 1. The fraction of sp³-hybridized carbons (Fsp3) is 0.278.